The zero-order chi connectivity index (χ0) is 11.8. The molecule has 0 aromatic carbocycles. The van der Waals surface area contributed by atoms with Gasteiger partial charge >= 0.3 is 0 Å². The summed E-state index contributed by atoms with van der Waals surface area (Å²) in [4.78, 5) is 14.1. The third-order valence-electron chi connectivity index (χ3n) is 3.81. The molecule has 0 spiro atoms. The highest BCUT2D eigenvalue weighted by Crippen LogP contribution is 2.28. The maximum absolute atomic E-state index is 12.2. The summed E-state index contributed by atoms with van der Waals surface area (Å²) in [5.74, 6) is 1.97. The fourth-order valence-electron chi connectivity index (χ4n) is 2.87. The lowest BCUT2D eigenvalue weighted by Crippen LogP contribution is -2.35. The topological polar surface area (TPSA) is 58.4 Å². The molecule has 0 bridgehead atoms. The molecule has 2 unspecified atom stereocenters. The molecule has 2 atom stereocenters. The van der Waals surface area contributed by atoms with E-state index in [0.29, 0.717) is 23.3 Å². The van der Waals surface area contributed by atoms with Gasteiger partial charge in [0.25, 0.3) is 5.91 Å². The van der Waals surface area contributed by atoms with Crippen LogP contribution in [0, 0.1) is 18.8 Å². The van der Waals surface area contributed by atoms with E-state index in [1.54, 1.807) is 13.0 Å². The molecule has 2 fully saturated rings. The number of amides is 1. The largest absolute Gasteiger partial charge is 0.361 e. The Hall–Kier alpha value is -1.36. The van der Waals surface area contributed by atoms with Gasteiger partial charge in [-0.15, -0.1) is 0 Å². The van der Waals surface area contributed by atoms with Gasteiger partial charge in [-0.1, -0.05) is 5.16 Å². The molecule has 17 heavy (non-hydrogen) atoms. The predicted octanol–water partition coefficient (Wildman–Crippen LogP) is 0.665. The van der Waals surface area contributed by atoms with E-state index in [0.717, 1.165) is 26.2 Å². The summed E-state index contributed by atoms with van der Waals surface area (Å²) in [5, 5.41) is 7.18. The second-order valence-corrected chi connectivity index (χ2v) is 5.05. The number of nitrogens with one attached hydrogen (secondary N) is 1. The fraction of sp³-hybridized carbons (Fsp3) is 0.667. The minimum absolute atomic E-state index is 0.0104. The van der Waals surface area contributed by atoms with Gasteiger partial charge in [0, 0.05) is 19.2 Å². The van der Waals surface area contributed by atoms with Crippen LogP contribution in [0.1, 0.15) is 22.7 Å². The Morgan fingerprint density at radius 3 is 3.06 bits per heavy atom. The van der Waals surface area contributed by atoms with Crippen LogP contribution in [-0.4, -0.2) is 42.1 Å². The number of carbonyl (C=O) groups excluding carboxylic acids is 1. The van der Waals surface area contributed by atoms with Gasteiger partial charge in [0.15, 0.2) is 5.69 Å². The molecule has 2 saturated heterocycles. The van der Waals surface area contributed by atoms with Crippen molar-refractivity contribution in [1.29, 1.82) is 0 Å². The van der Waals surface area contributed by atoms with Gasteiger partial charge in [-0.3, -0.25) is 4.79 Å². The second-order valence-electron chi connectivity index (χ2n) is 5.05. The third-order valence-corrected chi connectivity index (χ3v) is 3.81. The minimum Gasteiger partial charge on any atom is -0.361 e. The zero-order valence-electron chi connectivity index (χ0n) is 9.98. The summed E-state index contributed by atoms with van der Waals surface area (Å²) in [6.07, 6.45) is 1.17. The Kier molecular flexibility index (Phi) is 2.63. The third kappa shape index (κ3) is 1.95. The van der Waals surface area contributed by atoms with Gasteiger partial charge in [0.2, 0.25) is 0 Å². The van der Waals surface area contributed by atoms with Crippen LogP contribution in [0.25, 0.3) is 0 Å². The number of fused-ring (bicyclic) bond motifs is 1. The summed E-state index contributed by atoms with van der Waals surface area (Å²) in [5.41, 5.74) is 0.439. The lowest BCUT2D eigenvalue weighted by Gasteiger charge is -2.23. The molecule has 0 aliphatic carbocycles. The zero-order valence-corrected chi connectivity index (χ0v) is 9.98. The molecule has 1 N–H and O–H groups in total. The molecule has 1 aromatic rings. The maximum atomic E-state index is 12.2. The SMILES string of the molecule is Cc1cc(C(=O)N2CC3CCNCC3C2)no1. The lowest BCUT2D eigenvalue weighted by molar-refractivity contribution is 0.0774. The molecule has 0 saturated carbocycles. The lowest BCUT2D eigenvalue weighted by atomic mass is 9.90. The van der Waals surface area contributed by atoms with Crippen molar-refractivity contribution in [3.63, 3.8) is 0 Å². The van der Waals surface area contributed by atoms with Gasteiger partial charge in [-0.25, -0.2) is 0 Å². The normalized spacial score (nSPS) is 28.2. The molecule has 2 aliphatic heterocycles. The number of aryl methyl sites for hydroxylation is 1. The smallest absolute Gasteiger partial charge is 0.276 e. The Bertz CT molecular complexity index is 415. The Labute approximate surface area is 100 Å². The number of aromatic nitrogens is 1. The molecular weight excluding hydrogens is 218 g/mol. The van der Waals surface area contributed by atoms with Crippen molar-refractivity contribution >= 4 is 5.91 Å². The quantitative estimate of drug-likeness (QED) is 0.777. The van der Waals surface area contributed by atoms with Gasteiger partial charge in [-0.05, 0) is 38.3 Å². The van der Waals surface area contributed by atoms with E-state index >= 15 is 0 Å². The maximum Gasteiger partial charge on any atom is 0.276 e. The van der Waals surface area contributed by atoms with Crippen LogP contribution < -0.4 is 5.32 Å². The van der Waals surface area contributed by atoms with Crippen molar-refractivity contribution in [1.82, 2.24) is 15.4 Å². The first kappa shape index (κ1) is 10.8. The average molecular weight is 235 g/mol. The van der Waals surface area contributed by atoms with E-state index in [4.69, 9.17) is 4.52 Å². The standard InChI is InChI=1S/C12H17N3O2/c1-8-4-11(14-17-8)12(16)15-6-9-2-3-13-5-10(9)7-15/h4,9-10,13H,2-3,5-7H2,1H3. The second kappa shape index (κ2) is 4.14. The van der Waals surface area contributed by atoms with Crippen molar-refractivity contribution in [3.8, 4) is 0 Å². The molecule has 2 aliphatic rings. The molecule has 92 valence electrons. The Morgan fingerprint density at radius 1 is 1.53 bits per heavy atom. The molecule has 3 heterocycles. The van der Waals surface area contributed by atoms with Crippen molar-refractivity contribution in [2.75, 3.05) is 26.2 Å². The van der Waals surface area contributed by atoms with E-state index in [1.807, 2.05) is 4.90 Å². The first-order valence-corrected chi connectivity index (χ1v) is 6.17. The molecule has 5 heteroatoms. The van der Waals surface area contributed by atoms with Gasteiger partial charge in [0.05, 0.1) is 0 Å². The van der Waals surface area contributed by atoms with Crippen LogP contribution in [0.5, 0.6) is 0 Å². The summed E-state index contributed by atoms with van der Waals surface area (Å²) < 4.78 is 4.95. The van der Waals surface area contributed by atoms with E-state index in [-0.39, 0.29) is 5.91 Å². The van der Waals surface area contributed by atoms with Crippen LogP contribution in [-0.2, 0) is 0 Å². The number of nitrogens with zero attached hydrogens (tertiary/aromatic N) is 2. The number of likely N-dealkylation sites (tertiary alicyclic amines) is 1. The van der Waals surface area contributed by atoms with E-state index in [2.05, 4.69) is 10.5 Å². The number of rotatable bonds is 1. The minimum atomic E-state index is 0.0104. The fourth-order valence-corrected chi connectivity index (χ4v) is 2.87. The van der Waals surface area contributed by atoms with Crippen LogP contribution in [0.3, 0.4) is 0 Å². The van der Waals surface area contributed by atoms with E-state index in [1.165, 1.54) is 6.42 Å². The van der Waals surface area contributed by atoms with Gasteiger partial charge in [-0.2, -0.15) is 0 Å². The average Bonchev–Trinajstić information content (AvgIpc) is 2.93. The first-order valence-electron chi connectivity index (χ1n) is 6.17. The summed E-state index contributed by atoms with van der Waals surface area (Å²) in [7, 11) is 0. The van der Waals surface area contributed by atoms with Crippen LogP contribution in [0.2, 0.25) is 0 Å². The first-order chi connectivity index (χ1) is 8.24. The van der Waals surface area contributed by atoms with Crippen molar-refractivity contribution in [3.05, 3.63) is 17.5 Å². The monoisotopic (exact) mass is 235 g/mol. The van der Waals surface area contributed by atoms with E-state index < -0.39 is 0 Å². The predicted molar refractivity (Wildman–Crippen MR) is 61.6 cm³/mol. The molecule has 1 aromatic heterocycles. The molecule has 3 rings (SSSR count). The van der Waals surface area contributed by atoms with Crippen LogP contribution in [0.4, 0.5) is 0 Å². The Balaban J connectivity index is 1.71. The van der Waals surface area contributed by atoms with Crippen molar-refractivity contribution in [2.24, 2.45) is 11.8 Å². The molecule has 1 amide bonds. The number of hydrogen-bond acceptors (Lipinski definition) is 4. The van der Waals surface area contributed by atoms with Gasteiger partial charge in [0.1, 0.15) is 5.76 Å². The highest BCUT2D eigenvalue weighted by molar-refractivity contribution is 5.92. The highest BCUT2D eigenvalue weighted by Gasteiger charge is 2.37. The van der Waals surface area contributed by atoms with Crippen LogP contribution in [0.15, 0.2) is 10.6 Å². The van der Waals surface area contributed by atoms with Crippen molar-refractivity contribution < 1.29 is 9.32 Å². The summed E-state index contributed by atoms with van der Waals surface area (Å²) in [6.45, 7) is 5.63. The summed E-state index contributed by atoms with van der Waals surface area (Å²) in [6, 6.07) is 1.71. The van der Waals surface area contributed by atoms with E-state index in [9.17, 15) is 4.79 Å². The van der Waals surface area contributed by atoms with Gasteiger partial charge < -0.3 is 14.7 Å². The Morgan fingerprint density at radius 2 is 2.35 bits per heavy atom. The number of piperidine rings is 1. The molecule has 5 nitrogen and oxygen atoms in total. The summed E-state index contributed by atoms with van der Waals surface area (Å²) >= 11 is 0. The number of hydrogen-bond donors (Lipinski definition) is 1. The van der Waals surface area contributed by atoms with Crippen molar-refractivity contribution in [2.45, 2.75) is 13.3 Å². The molecule has 0 radical (unpaired) electrons. The molecular formula is C12H17N3O2. The number of carbonyl (C=O) groups is 1. The van der Waals surface area contributed by atoms with Crippen LogP contribution >= 0.6 is 0 Å². The highest BCUT2D eigenvalue weighted by atomic mass is 16.5.